The zero-order chi connectivity index (χ0) is 12.3. The van der Waals surface area contributed by atoms with Crippen molar-refractivity contribution >= 4 is 11.8 Å². The Kier molecular flexibility index (Phi) is 4.33. The van der Waals surface area contributed by atoms with Gasteiger partial charge in [0.05, 0.1) is 0 Å². The van der Waals surface area contributed by atoms with E-state index in [0.717, 1.165) is 0 Å². The number of rotatable bonds is 3. The number of hydrogen-bond acceptors (Lipinski definition) is 2. The van der Waals surface area contributed by atoms with Crippen LogP contribution in [0.15, 0.2) is 0 Å². The van der Waals surface area contributed by atoms with Crippen LogP contribution in [0.4, 0.5) is 0 Å². The van der Waals surface area contributed by atoms with E-state index in [1.54, 1.807) is 4.90 Å². The van der Waals surface area contributed by atoms with Gasteiger partial charge in [-0.1, -0.05) is 13.8 Å². The van der Waals surface area contributed by atoms with Gasteiger partial charge >= 0.3 is 0 Å². The summed E-state index contributed by atoms with van der Waals surface area (Å²) in [4.78, 5) is 25.5. The first-order valence-electron chi connectivity index (χ1n) is 6.01. The third-order valence-corrected chi connectivity index (χ3v) is 2.83. The third kappa shape index (κ3) is 3.22. The van der Waals surface area contributed by atoms with Crippen LogP contribution in [0.3, 0.4) is 0 Å². The van der Waals surface area contributed by atoms with Crippen LogP contribution in [-0.4, -0.2) is 35.3 Å². The first kappa shape index (κ1) is 13.0. The highest BCUT2D eigenvalue weighted by molar-refractivity contribution is 5.90. The summed E-state index contributed by atoms with van der Waals surface area (Å²) in [6.07, 6.45) is 1.13. The molecule has 0 bridgehead atoms. The van der Waals surface area contributed by atoms with E-state index in [1.807, 2.05) is 13.8 Å². The van der Waals surface area contributed by atoms with Crippen molar-refractivity contribution in [2.45, 2.75) is 52.6 Å². The Morgan fingerprint density at radius 1 is 1.31 bits per heavy atom. The molecule has 1 rings (SSSR count). The molecule has 2 amide bonds. The fourth-order valence-electron chi connectivity index (χ4n) is 2.00. The fourth-order valence-corrected chi connectivity index (χ4v) is 2.00. The fraction of sp³-hybridized carbons (Fsp3) is 0.833. The summed E-state index contributed by atoms with van der Waals surface area (Å²) in [6.45, 7) is 8.63. The van der Waals surface area contributed by atoms with Crippen molar-refractivity contribution in [3.05, 3.63) is 0 Å². The van der Waals surface area contributed by atoms with Gasteiger partial charge in [-0.2, -0.15) is 0 Å². The molecule has 1 N–H and O–H groups in total. The molecule has 1 aliphatic rings. The van der Waals surface area contributed by atoms with E-state index in [2.05, 4.69) is 19.2 Å². The lowest BCUT2D eigenvalue weighted by atomic mass is 10.0. The van der Waals surface area contributed by atoms with Gasteiger partial charge in [-0.3, -0.25) is 9.59 Å². The summed E-state index contributed by atoms with van der Waals surface area (Å²) in [7, 11) is 0. The van der Waals surface area contributed by atoms with Crippen LogP contribution >= 0.6 is 0 Å². The van der Waals surface area contributed by atoms with Crippen LogP contribution in [-0.2, 0) is 9.59 Å². The van der Waals surface area contributed by atoms with E-state index in [1.165, 1.54) is 0 Å². The van der Waals surface area contributed by atoms with Crippen molar-refractivity contribution in [1.29, 1.82) is 0 Å². The Labute approximate surface area is 97.4 Å². The second kappa shape index (κ2) is 5.32. The normalized spacial score (nSPS) is 22.6. The van der Waals surface area contributed by atoms with Crippen molar-refractivity contribution < 1.29 is 9.59 Å². The number of nitrogens with zero attached hydrogens (tertiary/aromatic N) is 1. The molecular formula is C12H22N2O2. The van der Waals surface area contributed by atoms with E-state index >= 15 is 0 Å². The molecule has 1 saturated heterocycles. The average molecular weight is 226 g/mol. The molecule has 0 aromatic carbocycles. The second-order valence-corrected chi connectivity index (χ2v) is 5.13. The van der Waals surface area contributed by atoms with Crippen molar-refractivity contribution in [1.82, 2.24) is 10.2 Å². The molecule has 1 unspecified atom stereocenters. The largest absolute Gasteiger partial charge is 0.344 e. The van der Waals surface area contributed by atoms with E-state index in [9.17, 15) is 9.59 Å². The maximum atomic E-state index is 12.2. The topological polar surface area (TPSA) is 49.4 Å². The highest BCUT2D eigenvalue weighted by Crippen LogP contribution is 2.13. The zero-order valence-corrected chi connectivity index (χ0v) is 10.6. The molecule has 4 nitrogen and oxygen atoms in total. The standard InChI is InChI=1S/C12H22N2O2/c1-8(2)7-10-12(16)14(9(3)4)6-5-11(15)13-10/h8-10H,5-7H2,1-4H3,(H,13,15). The smallest absolute Gasteiger partial charge is 0.245 e. The molecule has 1 atom stereocenters. The maximum absolute atomic E-state index is 12.2. The molecule has 1 fully saturated rings. The van der Waals surface area contributed by atoms with Gasteiger partial charge in [0.1, 0.15) is 6.04 Å². The minimum atomic E-state index is -0.336. The maximum Gasteiger partial charge on any atom is 0.245 e. The molecule has 92 valence electrons. The number of amides is 2. The summed E-state index contributed by atoms with van der Waals surface area (Å²) >= 11 is 0. The highest BCUT2D eigenvalue weighted by Gasteiger charge is 2.31. The van der Waals surface area contributed by atoms with Crippen LogP contribution in [0.1, 0.15) is 40.5 Å². The lowest BCUT2D eigenvalue weighted by Crippen LogP contribution is -2.47. The average Bonchev–Trinajstić information content (AvgIpc) is 2.26. The molecule has 0 radical (unpaired) electrons. The predicted molar refractivity (Wildman–Crippen MR) is 62.9 cm³/mol. The number of hydrogen-bond donors (Lipinski definition) is 1. The molecule has 0 aromatic rings. The summed E-state index contributed by atoms with van der Waals surface area (Å²) < 4.78 is 0. The molecule has 0 aromatic heterocycles. The van der Waals surface area contributed by atoms with Gasteiger partial charge in [-0.15, -0.1) is 0 Å². The van der Waals surface area contributed by atoms with Gasteiger partial charge in [0.25, 0.3) is 0 Å². The predicted octanol–water partition coefficient (Wildman–Crippen LogP) is 1.16. The molecular weight excluding hydrogens is 204 g/mol. The SMILES string of the molecule is CC(C)CC1NC(=O)CCN(C(C)C)C1=O. The van der Waals surface area contributed by atoms with Crippen LogP contribution in [0.2, 0.25) is 0 Å². The third-order valence-electron chi connectivity index (χ3n) is 2.83. The van der Waals surface area contributed by atoms with Crippen LogP contribution in [0.25, 0.3) is 0 Å². The van der Waals surface area contributed by atoms with Crippen molar-refractivity contribution in [2.75, 3.05) is 6.54 Å². The Bertz CT molecular complexity index is 274. The second-order valence-electron chi connectivity index (χ2n) is 5.13. The van der Waals surface area contributed by atoms with Gasteiger partial charge in [0.2, 0.25) is 11.8 Å². The van der Waals surface area contributed by atoms with Crippen molar-refractivity contribution in [3.63, 3.8) is 0 Å². The first-order chi connectivity index (χ1) is 7.41. The number of carbonyl (C=O) groups is 2. The zero-order valence-electron chi connectivity index (χ0n) is 10.6. The van der Waals surface area contributed by atoms with E-state index in [4.69, 9.17) is 0 Å². The molecule has 0 saturated carbocycles. The van der Waals surface area contributed by atoms with Gasteiger partial charge < -0.3 is 10.2 Å². The Hall–Kier alpha value is -1.06. The summed E-state index contributed by atoms with van der Waals surface area (Å²) in [6, 6.07) is -0.174. The molecule has 1 aliphatic heterocycles. The Morgan fingerprint density at radius 2 is 1.94 bits per heavy atom. The monoisotopic (exact) mass is 226 g/mol. The van der Waals surface area contributed by atoms with Crippen LogP contribution in [0.5, 0.6) is 0 Å². The van der Waals surface area contributed by atoms with Crippen LogP contribution in [0, 0.1) is 5.92 Å². The van der Waals surface area contributed by atoms with Gasteiger partial charge in [0, 0.05) is 19.0 Å². The van der Waals surface area contributed by atoms with E-state index < -0.39 is 0 Å². The Balaban J connectivity index is 2.79. The summed E-state index contributed by atoms with van der Waals surface area (Å²) in [5, 5.41) is 2.81. The molecule has 0 spiro atoms. The lowest BCUT2D eigenvalue weighted by Gasteiger charge is -2.28. The molecule has 4 heteroatoms. The molecule has 0 aliphatic carbocycles. The summed E-state index contributed by atoms with van der Waals surface area (Å²) in [5.41, 5.74) is 0. The van der Waals surface area contributed by atoms with Crippen molar-refractivity contribution in [3.8, 4) is 0 Å². The minimum Gasteiger partial charge on any atom is -0.344 e. The first-order valence-corrected chi connectivity index (χ1v) is 6.01. The van der Waals surface area contributed by atoms with Gasteiger partial charge in [0.15, 0.2) is 0 Å². The van der Waals surface area contributed by atoms with Gasteiger partial charge in [-0.05, 0) is 26.2 Å². The van der Waals surface area contributed by atoms with Crippen molar-refractivity contribution in [2.24, 2.45) is 5.92 Å². The molecule has 16 heavy (non-hydrogen) atoms. The summed E-state index contributed by atoms with van der Waals surface area (Å²) in [5.74, 6) is 0.457. The Morgan fingerprint density at radius 3 is 2.44 bits per heavy atom. The van der Waals surface area contributed by atoms with E-state index in [-0.39, 0.29) is 23.9 Å². The van der Waals surface area contributed by atoms with E-state index in [0.29, 0.717) is 25.3 Å². The minimum absolute atomic E-state index is 0.0119. The van der Waals surface area contributed by atoms with Crippen LogP contribution < -0.4 is 5.32 Å². The lowest BCUT2D eigenvalue weighted by molar-refractivity contribution is -0.135. The van der Waals surface area contributed by atoms with Gasteiger partial charge in [-0.25, -0.2) is 0 Å². The number of carbonyl (C=O) groups excluding carboxylic acids is 2. The number of nitrogens with one attached hydrogen (secondary N) is 1. The molecule has 1 heterocycles. The highest BCUT2D eigenvalue weighted by atomic mass is 16.2. The quantitative estimate of drug-likeness (QED) is 0.785.